The van der Waals surface area contributed by atoms with Gasteiger partial charge in [-0.2, -0.15) is 0 Å². The molecule has 2 heterocycles. The molecule has 0 spiro atoms. The average molecular weight is 392 g/mol. The molecule has 3 N–H and O–H groups in total. The molecule has 4 rings (SSSR count). The topological polar surface area (TPSA) is 86.4 Å². The summed E-state index contributed by atoms with van der Waals surface area (Å²) in [6.45, 7) is 1.26. The lowest BCUT2D eigenvalue weighted by Gasteiger charge is -2.30. The molecule has 0 atom stereocenters. The molecule has 2 fully saturated rings. The monoisotopic (exact) mass is 391 g/mol. The van der Waals surface area contributed by atoms with Crippen LogP contribution in [0.25, 0.3) is 0 Å². The number of anilines is 1. The summed E-state index contributed by atoms with van der Waals surface area (Å²) in [6, 6.07) is 0.485. The number of urea groups is 2. The number of rotatable bonds is 3. The van der Waals surface area contributed by atoms with E-state index in [1.807, 2.05) is 4.90 Å². The Kier molecular flexibility index (Phi) is 5.80. The van der Waals surface area contributed by atoms with Crippen LogP contribution in [-0.4, -0.2) is 40.6 Å². The summed E-state index contributed by atoms with van der Waals surface area (Å²) >= 11 is 1.48. The zero-order chi connectivity index (χ0) is 18.6. The predicted octanol–water partition coefficient (Wildman–Crippen LogP) is 3.61. The van der Waals surface area contributed by atoms with E-state index >= 15 is 0 Å². The van der Waals surface area contributed by atoms with Crippen LogP contribution in [0.15, 0.2) is 0 Å². The molecule has 1 aromatic heterocycles. The van der Waals surface area contributed by atoms with Crippen LogP contribution in [0, 0.1) is 0 Å². The van der Waals surface area contributed by atoms with Gasteiger partial charge in [-0.05, 0) is 25.7 Å². The van der Waals surface area contributed by atoms with Gasteiger partial charge < -0.3 is 15.5 Å². The Morgan fingerprint density at radius 1 is 0.963 bits per heavy atom. The SMILES string of the molecule is O=C(Nc1nc2c(s1)CN(C(=O)NC1CCCCC1)CC2)NC1CCCC1. The minimum Gasteiger partial charge on any atom is -0.335 e. The molecule has 0 saturated heterocycles. The standard InChI is InChI=1S/C19H29N5O2S/c25-17(20-13-8-4-5-9-13)23-18-22-15-10-11-24(12-16(15)27-18)19(26)21-14-6-2-1-3-7-14/h13-14H,1-12H2,(H,21,26)(H2,20,22,23,25). The van der Waals surface area contributed by atoms with E-state index in [1.165, 1.54) is 43.4 Å². The molecule has 8 heteroatoms. The zero-order valence-corrected chi connectivity index (χ0v) is 16.6. The number of fused-ring (bicyclic) bond motifs is 1. The normalized spacial score (nSPS) is 21.0. The lowest BCUT2D eigenvalue weighted by atomic mass is 9.96. The van der Waals surface area contributed by atoms with Gasteiger partial charge in [-0.3, -0.25) is 5.32 Å². The van der Waals surface area contributed by atoms with Crippen molar-refractivity contribution < 1.29 is 9.59 Å². The molecule has 3 aliphatic rings. The molecule has 0 radical (unpaired) electrons. The van der Waals surface area contributed by atoms with Gasteiger partial charge in [0.25, 0.3) is 0 Å². The van der Waals surface area contributed by atoms with Gasteiger partial charge in [0.1, 0.15) is 0 Å². The molecule has 7 nitrogen and oxygen atoms in total. The molecule has 0 aromatic carbocycles. The largest absolute Gasteiger partial charge is 0.335 e. The first-order chi connectivity index (χ1) is 13.2. The van der Waals surface area contributed by atoms with E-state index in [4.69, 9.17) is 0 Å². The summed E-state index contributed by atoms with van der Waals surface area (Å²) in [5.74, 6) is 0. The van der Waals surface area contributed by atoms with Crippen LogP contribution in [0.4, 0.5) is 14.7 Å². The van der Waals surface area contributed by atoms with Crippen molar-refractivity contribution in [2.45, 2.75) is 82.8 Å². The molecule has 4 amide bonds. The summed E-state index contributed by atoms with van der Waals surface area (Å²) in [5, 5.41) is 9.72. The number of hydrogen-bond acceptors (Lipinski definition) is 4. The summed E-state index contributed by atoms with van der Waals surface area (Å²) in [5.41, 5.74) is 1.01. The molecule has 1 aliphatic heterocycles. The fourth-order valence-corrected chi connectivity index (χ4v) is 5.34. The van der Waals surface area contributed by atoms with Crippen molar-refractivity contribution in [2.24, 2.45) is 0 Å². The lowest BCUT2D eigenvalue weighted by Crippen LogP contribution is -2.47. The first kappa shape index (κ1) is 18.5. The van der Waals surface area contributed by atoms with E-state index in [9.17, 15) is 9.59 Å². The Labute approximate surface area is 164 Å². The molecular weight excluding hydrogens is 362 g/mol. The zero-order valence-electron chi connectivity index (χ0n) is 15.8. The number of aromatic nitrogens is 1. The summed E-state index contributed by atoms with van der Waals surface area (Å²) in [4.78, 5) is 32.2. The van der Waals surface area contributed by atoms with Gasteiger partial charge in [0, 0.05) is 29.9 Å². The highest BCUT2D eigenvalue weighted by atomic mass is 32.1. The minimum atomic E-state index is -0.167. The van der Waals surface area contributed by atoms with E-state index < -0.39 is 0 Å². The number of hydrogen-bond donors (Lipinski definition) is 3. The third kappa shape index (κ3) is 4.72. The van der Waals surface area contributed by atoms with E-state index in [-0.39, 0.29) is 12.1 Å². The fraction of sp³-hybridized carbons (Fsp3) is 0.737. The van der Waals surface area contributed by atoms with E-state index in [0.29, 0.717) is 30.3 Å². The Bertz CT molecular complexity index is 680. The highest BCUT2D eigenvalue weighted by Gasteiger charge is 2.26. The quantitative estimate of drug-likeness (QED) is 0.736. The van der Waals surface area contributed by atoms with E-state index in [0.717, 1.165) is 42.7 Å². The van der Waals surface area contributed by atoms with Crippen molar-refractivity contribution in [3.05, 3.63) is 10.6 Å². The molecule has 0 bridgehead atoms. The number of amides is 4. The number of carbonyl (C=O) groups is 2. The van der Waals surface area contributed by atoms with Gasteiger partial charge in [0.2, 0.25) is 0 Å². The number of nitrogens with zero attached hydrogens (tertiary/aromatic N) is 2. The number of nitrogens with one attached hydrogen (secondary N) is 3. The fourth-order valence-electron chi connectivity index (χ4n) is 4.32. The Morgan fingerprint density at radius 3 is 2.37 bits per heavy atom. The van der Waals surface area contributed by atoms with Gasteiger partial charge in [-0.25, -0.2) is 14.6 Å². The van der Waals surface area contributed by atoms with Crippen LogP contribution in [0.3, 0.4) is 0 Å². The second kappa shape index (κ2) is 8.46. The van der Waals surface area contributed by atoms with Gasteiger partial charge in [0.05, 0.1) is 12.2 Å². The van der Waals surface area contributed by atoms with Gasteiger partial charge in [-0.15, -0.1) is 0 Å². The molecule has 2 saturated carbocycles. The Hall–Kier alpha value is -1.83. The smallest absolute Gasteiger partial charge is 0.321 e. The first-order valence-electron chi connectivity index (χ1n) is 10.3. The molecule has 0 unspecified atom stereocenters. The summed E-state index contributed by atoms with van der Waals surface area (Å²) in [6.07, 6.45) is 11.1. The van der Waals surface area contributed by atoms with Crippen molar-refractivity contribution >= 4 is 28.5 Å². The van der Waals surface area contributed by atoms with Crippen LogP contribution in [0.1, 0.15) is 68.4 Å². The van der Waals surface area contributed by atoms with Crippen molar-refractivity contribution in [3.63, 3.8) is 0 Å². The summed E-state index contributed by atoms with van der Waals surface area (Å²) in [7, 11) is 0. The molecule has 27 heavy (non-hydrogen) atoms. The maximum Gasteiger partial charge on any atom is 0.321 e. The molecule has 148 valence electrons. The first-order valence-corrected chi connectivity index (χ1v) is 11.1. The highest BCUT2D eigenvalue weighted by Crippen LogP contribution is 2.29. The lowest BCUT2D eigenvalue weighted by molar-refractivity contribution is 0.185. The highest BCUT2D eigenvalue weighted by molar-refractivity contribution is 7.15. The number of thiazole rings is 1. The Morgan fingerprint density at radius 2 is 1.63 bits per heavy atom. The van der Waals surface area contributed by atoms with Crippen LogP contribution < -0.4 is 16.0 Å². The van der Waals surface area contributed by atoms with Crippen LogP contribution >= 0.6 is 11.3 Å². The maximum atomic E-state index is 12.6. The van der Waals surface area contributed by atoms with E-state index in [1.54, 1.807) is 0 Å². The molecule has 1 aromatic rings. The molecule has 2 aliphatic carbocycles. The van der Waals surface area contributed by atoms with Crippen LogP contribution in [0.2, 0.25) is 0 Å². The van der Waals surface area contributed by atoms with Gasteiger partial charge in [0.15, 0.2) is 5.13 Å². The van der Waals surface area contributed by atoms with Crippen molar-refractivity contribution in [2.75, 3.05) is 11.9 Å². The van der Waals surface area contributed by atoms with Crippen LogP contribution in [0.5, 0.6) is 0 Å². The summed E-state index contributed by atoms with van der Waals surface area (Å²) < 4.78 is 0. The predicted molar refractivity (Wildman–Crippen MR) is 106 cm³/mol. The Balaban J connectivity index is 1.30. The van der Waals surface area contributed by atoms with Crippen molar-refractivity contribution in [3.8, 4) is 0 Å². The minimum absolute atomic E-state index is 0.0365. The number of carbonyl (C=O) groups excluding carboxylic acids is 2. The third-order valence-corrected chi connectivity index (χ3v) is 6.86. The molecular formula is C19H29N5O2S. The van der Waals surface area contributed by atoms with Gasteiger partial charge >= 0.3 is 12.1 Å². The average Bonchev–Trinajstić information content (AvgIpc) is 3.30. The second-order valence-electron chi connectivity index (χ2n) is 7.92. The van der Waals surface area contributed by atoms with E-state index in [2.05, 4.69) is 20.9 Å². The van der Waals surface area contributed by atoms with Crippen molar-refractivity contribution in [1.29, 1.82) is 0 Å². The van der Waals surface area contributed by atoms with Crippen LogP contribution in [-0.2, 0) is 13.0 Å². The van der Waals surface area contributed by atoms with Crippen molar-refractivity contribution in [1.82, 2.24) is 20.5 Å². The second-order valence-corrected chi connectivity index (χ2v) is 9.01. The maximum absolute atomic E-state index is 12.6. The van der Waals surface area contributed by atoms with Gasteiger partial charge in [-0.1, -0.05) is 43.4 Å². The third-order valence-electron chi connectivity index (χ3n) is 5.86.